The molecule has 3 heterocycles. The van der Waals surface area contributed by atoms with Crippen molar-refractivity contribution in [2.75, 3.05) is 56.1 Å². The number of amides is 1. The number of carbonyl (C=O) groups excluding carboxylic acids is 1. The van der Waals surface area contributed by atoms with Crippen LogP contribution >= 0.6 is 0 Å². The highest BCUT2D eigenvalue weighted by molar-refractivity contribution is 5.78. The lowest BCUT2D eigenvalue weighted by atomic mass is 9.96. The third-order valence-corrected chi connectivity index (χ3v) is 6.82. The van der Waals surface area contributed by atoms with E-state index < -0.39 is 0 Å². The van der Waals surface area contributed by atoms with Crippen LogP contribution in [0.25, 0.3) is 0 Å². The van der Waals surface area contributed by atoms with Gasteiger partial charge in [0.2, 0.25) is 5.91 Å². The molecule has 7 nitrogen and oxygen atoms in total. The minimum absolute atomic E-state index is 0.101. The predicted octanol–water partition coefficient (Wildman–Crippen LogP) is 3.32. The Balaban J connectivity index is 1.13. The molecular formula is C26H38N6O. The Morgan fingerprint density at radius 1 is 0.939 bits per heavy atom. The minimum atomic E-state index is 0.101. The first-order chi connectivity index (χ1) is 16.2. The van der Waals surface area contributed by atoms with Crippen LogP contribution in [0.5, 0.6) is 0 Å². The van der Waals surface area contributed by atoms with Crippen LogP contribution in [0.15, 0.2) is 42.5 Å². The average molecular weight is 451 g/mol. The molecule has 1 amide bonds. The van der Waals surface area contributed by atoms with Crippen molar-refractivity contribution in [1.29, 1.82) is 0 Å². The van der Waals surface area contributed by atoms with E-state index in [9.17, 15) is 4.79 Å². The van der Waals surface area contributed by atoms with Crippen LogP contribution in [0.4, 0.5) is 11.6 Å². The maximum absolute atomic E-state index is 12.6. The third-order valence-electron chi connectivity index (χ3n) is 6.82. The summed E-state index contributed by atoms with van der Waals surface area (Å²) in [6.45, 7) is 6.53. The lowest BCUT2D eigenvalue weighted by Gasteiger charge is -2.32. The molecular weight excluding hydrogens is 412 g/mol. The molecule has 0 atom stereocenters. The molecule has 2 aliphatic rings. The molecule has 33 heavy (non-hydrogen) atoms. The van der Waals surface area contributed by atoms with Crippen LogP contribution in [-0.2, 0) is 11.3 Å². The third kappa shape index (κ3) is 6.90. The van der Waals surface area contributed by atoms with Gasteiger partial charge in [0, 0.05) is 45.2 Å². The van der Waals surface area contributed by atoms with Crippen molar-refractivity contribution in [2.24, 2.45) is 5.92 Å². The first-order valence-corrected chi connectivity index (χ1v) is 12.5. The molecule has 0 spiro atoms. The number of nitrogens with zero attached hydrogens (tertiary/aromatic N) is 5. The molecule has 0 saturated carbocycles. The van der Waals surface area contributed by atoms with Crippen LogP contribution in [0.1, 0.15) is 44.1 Å². The molecule has 0 bridgehead atoms. The number of hydrogen-bond donors (Lipinski definition) is 1. The van der Waals surface area contributed by atoms with Gasteiger partial charge in [-0.25, -0.2) is 0 Å². The van der Waals surface area contributed by atoms with Gasteiger partial charge in [-0.15, -0.1) is 10.2 Å². The Kier molecular flexibility index (Phi) is 8.53. The quantitative estimate of drug-likeness (QED) is 0.592. The summed E-state index contributed by atoms with van der Waals surface area (Å²) in [6.07, 6.45) is 6.50. The Labute approximate surface area is 198 Å². The van der Waals surface area contributed by atoms with Gasteiger partial charge in [0.25, 0.3) is 0 Å². The van der Waals surface area contributed by atoms with Crippen molar-refractivity contribution in [2.45, 2.75) is 45.1 Å². The van der Waals surface area contributed by atoms with Crippen molar-refractivity contribution in [3.05, 3.63) is 48.0 Å². The number of rotatable bonds is 9. The zero-order valence-corrected chi connectivity index (χ0v) is 20.0. The van der Waals surface area contributed by atoms with Crippen LogP contribution < -0.4 is 15.1 Å². The van der Waals surface area contributed by atoms with Gasteiger partial charge in [-0.1, -0.05) is 30.3 Å². The maximum Gasteiger partial charge on any atom is 0.223 e. The van der Waals surface area contributed by atoms with E-state index in [-0.39, 0.29) is 11.8 Å². The maximum atomic E-state index is 12.6. The summed E-state index contributed by atoms with van der Waals surface area (Å²) in [5.41, 5.74) is 1.32. The van der Waals surface area contributed by atoms with E-state index in [0.29, 0.717) is 0 Å². The zero-order chi connectivity index (χ0) is 22.9. The van der Waals surface area contributed by atoms with Crippen molar-refractivity contribution in [1.82, 2.24) is 20.4 Å². The number of carbonyl (C=O) groups is 1. The van der Waals surface area contributed by atoms with Crippen molar-refractivity contribution >= 4 is 17.5 Å². The number of nitrogens with one attached hydrogen (secondary N) is 1. The highest BCUT2D eigenvalue weighted by Gasteiger charge is 2.25. The lowest BCUT2D eigenvalue weighted by Crippen LogP contribution is -2.41. The number of anilines is 2. The summed E-state index contributed by atoms with van der Waals surface area (Å²) >= 11 is 0. The molecule has 1 aromatic heterocycles. The number of hydrogen-bond acceptors (Lipinski definition) is 6. The summed E-state index contributed by atoms with van der Waals surface area (Å²) in [5.74, 6) is 2.22. The fourth-order valence-corrected chi connectivity index (χ4v) is 4.83. The lowest BCUT2D eigenvalue weighted by molar-refractivity contribution is -0.125. The van der Waals surface area contributed by atoms with Gasteiger partial charge in [-0.2, -0.15) is 0 Å². The van der Waals surface area contributed by atoms with E-state index in [4.69, 9.17) is 0 Å². The summed E-state index contributed by atoms with van der Waals surface area (Å²) < 4.78 is 0. The average Bonchev–Trinajstić information content (AvgIpc) is 2.88. The van der Waals surface area contributed by atoms with E-state index in [1.54, 1.807) is 0 Å². The van der Waals surface area contributed by atoms with Gasteiger partial charge in [0.15, 0.2) is 11.6 Å². The van der Waals surface area contributed by atoms with E-state index in [0.717, 1.165) is 76.7 Å². The standard InChI is InChI=1S/C26H38N6O/c1-30(21-22-9-4-2-5-10-22)16-8-15-27-26(33)23-13-19-32(20-14-23)25-12-11-24(28-29-25)31-17-6-3-7-18-31/h2,4-5,9-12,23H,3,6-8,13-21H2,1H3,(H,27,33). The van der Waals surface area contributed by atoms with Gasteiger partial charge in [0.1, 0.15) is 0 Å². The number of aromatic nitrogens is 2. The van der Waals surface area contributed by atoms with E-state index >= 15 is 0 Å². The van der Waals surface area contributed by atoms with Crippen molar-refractivity contribution < 1.29 is 4.79 Å². The molecule has 0 unspecified atom stereocenters. The number of piperidine rings is 2. The molecule has 7 heteroatoms. The first kappa shape index (κ1) is 23.5. The molecule has 2 aliphatic heterocycles. The largest absolute Gasteiger partial charge is 0.356 e. The smallest absolute Gasteiger partial charge is 0.223 e. The molecule has 4 rings (SSSR count). The molecule has 2 saturated heterocycles. The van der Waals surface area contributed by atoms with Crippen molar-refractivity contribution in [3.8, 4) is 0 Å². The van der Waals surface area contributed by atoms with Crippen LogP contribution in [0, 0.1) is 5.92 Å². The molecule has 2 fully saturated rings. The minimum Gasteiger partial charge on any atom is -0.356 e. The topological polar surface area (TPSA) is 64.6 Å². The molecule has 1 aromatic carbocycles. The molecule has 0 radical (unpaired) electrons. The summed E-state index contributed by atoms with van der Waals surface area (Å²) in [5, 5.41) is 12.1. The fraction of sp³-hybridized carbons (Fsp3) is 0.577. The Bertz CT molecular complexity index is 845. The first-order valence-electron chi connectivity index (χ1n) is 12.5. The van der Waals surface area contributed by atoms with Gasteiger partial charge in [-0.3, -0.25) is 4.79 Å². The van der Waals surface area contributed by atoms with Gasteiger partial charge < -0.3 is 20.0 Å². The van der Waals surface area contributed by atoms with Crippen molar-refractivity contribution in [3.63, 3.8) is 0 Å². The fourth-order valence-electron chi connectivity index (χ4n) is 4.83. The van der Waals surface area contributed by atoms with Gasteiger partial charge >= 0.3 is 0 Å². The second-order valence-electron chi connectivity index (χ2n) is 9.43. The van der Waals surface area contributed by atoms with Crippen LogP contribution in [0.3, 0.4) is 0 Å². The highest BCUT2D eigenvalue weighted by atomic mass is 16.1. The van der Waals surface area contributed by atoms with Gasteiger partial charge in [0.05, 0.1) is 0 Å². The van der Waals surface area contributed by atoms with Crippen LogP contribution in [-0.4, -0.2) is 67.3 Å². The Morgan fingerprint density at radius 3 is 2.21 bits per heavy atom. The normalized spacial score (nSPS) is 17.4. The van der Waals surface area contributed by atoms with E-state index in [2.05, 4.69) is 73.7 Å². The number of benzene rings is 1. The van der Waals surface area contributed by atoms with E-state index in [1.165, 1.54) is 24.8 Å². The Hall–Kier alpha value is -2.67. The predicted molar refractivity (Wildman–Crippen MR) is 133 cm³/mol. The second kappa shape index (κ2) is 12.0. The van der Waals surface area contributed by atoms with Crippen LogP contribution in [0.2, 0.25) is 0 Å². The molecule has 1 N–H and O–H groups in total. The summed E-state index contributed by atoms with van der Waals surface area (Å²) in [6, 6.07) is 14.7. The molecule has 2 aromatic rings. The van der Waals surface area contributed by atoms with Gasteiger partial charge in [-0.05, 0) is 69.8 Å². The summed E-state index contributed by atoms with van der Waals surface area (Å²) in [7, 11) is 2.13. The second-order valence-corrected chi connectivity index (χ2v) is 9.43. The molecule has 0 aliphatic carbocycles. The monoisotopic (exact) mass is 450 g/mol. The van der Waals surface area contributed by atoms with E-state index in [1.807, 2.05) is 6.07 Å². The zero-order valence-electron chi connectivity index (χ0n) is 20.0. The summed E-state index contributed by atoms with van der Waals surface area (Å²) in [4.78, 5) is 19.5. The highest BCUT2D eigenvalue weighted by Crippen LogP contribution is 2.23. The SMILES string of the molecule is CN(CCCNC(=O)C1CCN(c2ccc(N3CCCCC3)nn2)CC1)Cc1ccccc1. The molecule has 178 valence electrons. The Morgan fingerprint density at radius 2 is 1.58 bits per heavy atom.